The molecule has 0 atom stereocenters. The molecular formula is C14H18N6O4S. The summed E-state index contributed by atoms with van der Waals surface area (Å²) in [5.74, 6) is -0.340. The van der Waals surface area contributed by atoms with Crippen LogP contribution in [0.3, 0.4) is 0 Å². The van der Waals surface area contributed by atoms with E-state index in [0.717, 1.165) is 0 Å². The lowest BCUT2D eigenvalue weighted by molar-refractivity contribution is 0.0757. The van der Waals surface area contributed by atoms with Crippen LogP contribution in [0.4, 0.5) is 0 Å². The summed E-state index contributed by atoms with van der Waals surface area (Å²) in [5.41, 5.74) is -0.263. The molecule has 0 saturated carbocycles. The van der Waals surface area contributed by atoms with Crippen LogP contribution < -0.4 is 5.56 Å². The average molecular weight is 366 g/mol. The van der Waals surface area contributed by atoms with Gasteiger partial charge in [-0.05, 0) is 12.5 Å². The van der Waals surface area contributed by atoms with E-state index < -0.39 is 10.0 Å². The Morgan fingerprint density at radius 1 is 1.20 bits per heavy atom. The first-order valence-electron chi connectivity index (χ1n) is 7.71. The maximum absolute atomic E-state index is 12.6. The highest BCUT2D eigenvalue weighted by molar-refractivity contribution is 7.89. The first kappa shape index (κ1) is 17.3. The van der Waals surface area contributed by atoms with Gasteiger partial charge in [0.05, 0.1) is 6.33 Å². The molecule has 2 aromatic heterocycles. The molecule has 0 aromatic carbocycles. The Kier molecular flexibility index (Phi) is 4.68. The molecule has 25 heavy (non-hydrogen) atoms. The Balaban J connectivity index is 1.73. The predicted octanol–water partition coefficient (Wildman–Crippen LogP) is -0.960. The summed E-state index contributed by atoms with van der Waals surface area (Å²) in [7, 11) is -1.98. The maximum atomic E-state index is 12.6. The van der Waals surface area contributed by atoms with Crippen molar-refractivity contribution in [2.45, 2.75) is 11.4 Å². The number of sulfonamides is 1. The van der Waals surface area contributed by atoms with Crippen LogP contribution in [0.25, 0.3) is 0 Å². The Morgan fingerprint density at radius 2 is 2.00 bits per heavy atom. The third-order valence-corrected chi connectivity index (χ3v) is 5.71. The van der Waals surface area contributed by atoms with Gasteiger partial charge in [-0.1, -0.05) is 0 Å². The minimum Gasteiger partial charge on any atom is -0.339 e. The van der Waals surface area contributed by atoms with E-state index in [0.29, 0.717) is 19.5 Å². The molecule has 0 unspecified atom stereocenters. The number of nitrogens with zero attached hydrogens (tertiary/aromatic N) is 5. The number of carbonyl (C=O) groups is 1. The van der Waals surface area contributed by atoms with Gasteiger partial charge < -0.3 is 9.47 Å². The Hall–Kier alpha value is -2.53. The fourth-order valence-corrected chi connectivity index (χ4v) is 4.05. The molecule has 10 nitrogen and oxygen atoms in total. The summed E-state index contributed by atoms with van der Waals surface area (Å²) in [4.78, 5) is 28.9. The van der Waals surface area contributed by atoms with Crippen LogP contribution in [0.2, 0.25) is 0 Å². The highest BCUT2D eigenvalue weighted by Gasteiger charge is 2.30. The van der Waals surface area contributed by atoms with E-state index in [9.17, 15) is 18.0 Å². The van der Waals surface area contributed by atoms with Gasteiger partial charge in [0.2, 0.25) is 0 Å². The third-order valence-electron chi connectivity index (χ3n) is 3.93. The van der Waals surface area contributed by atoms with Crippen LogP contribution in [0.15, 0.2) is 34.5 Å². The molecule has 1 N–H and O–H groups in total. The molecule has 0 bridgehead atoms. The lowest BCUT2D eigenvalue weighted by Gasteiger charge is -2.20. The fourth-order valence-electron chi connectivity index (χ4n) is 2.62. The second-order valence-electron chi connectivity index (χ2n) is 5.73. The number of nitrogens with one attached hydrogen (secondary N) is 1. The van der Waals surface area contributed by atoms with Crippen molar-refractivity contribution in [3.8, 4) is 0 Å². The van der Waals surface area contributed by atoms with E-state index in [-0.39, 0.29) is 35.3 Å². The first-order chi connectivity index (χ1) is 11.9. The van der Waals surface area contributed by atoms with Crippen molar-refractivity contribution in [1.82, 2.24) is 29.0 Å². The summed E-state index contributed by atoms with van der Waals surface area (Å²) < 4.78 is 28.2. The average Bonchev–Trinajstić information content (AvgIpc) is 2.88. The smallest absolute Gasteiger partial charge is 0.274 e. The minimum atomic E-state index is -3.68. The van der Waals surface area contributed by atoms with Crippen LogP contribution >= 0.6 is 0 Å². The number of aromatic amines is 1. The molecule has 1 aliphatic rings. The molecule has 1 fully saturated rings. The van der Waals surface area contributed by atoms with Gasteiger partial charge in [-0.2, -0.15) is 9.40 Å². The molecule has 1 aliphatic heterocycles. The zero-order valence-corrected chi connectivity index (χ0v) is 14.4. The number of amides is 1. The number of aryl methyl sites for hydroxylation is 1. The van der Waals surface area contributed by atoms with Crippen LogP contribution in [-0.2, 0) is 17.1 Å². The van der Waals surface area contributed by atoms with Crippen molar-refractivity contribution in [3.05, 3.63) is 40.7 Å². The van der Waals surface area contributed by atoms with Crippen molar-refractivity contribution in [2.75, 3.05) is 26.2 Å². The highest BCUT2D eigenvalue weighted by Crippen LogP contribution is 2.16. The van der Waals surface area contributed by atoms with Crippen molar-refractivity contribution in [3.63, 3.8) is 0 Å². The lowest BCUT2D eigenvalue weighted by atomic mass is 10.3. The van der Waals surface area contributed by atoms with Gasteiger partial charge in [-0.3, -0.25) is 9.59 Å². The topological polar surface area (TPSA) is 121 Å². The van der Waals surface area contributed by atoms with Gasteiger partial charge in [-0.15, -0.1) is 0 Å². The molecule has 134 valence electrons. The minimum absolute atomic E-state index is 0.00271. The summed E-state index contributed by atoms with van der Waals surface area (Å²) in [6.45, 7) is 1.13. The van der Waals surface area contributed by atoms with E-state index in [1.54, 1.807) is 11.6 Å². The zero-order chi connectivity index (χ0) is 18.0. The van der Waals surface area contributed by atoms with Crippen molar-refractivity contribution in [1.29, 1.82) is 0 Å². The van der Waals surface area contributed by atoms with Gasteiger partial charge >= 0.3 is 0 Å². The predicted molar refractivity (Wildman–Crippen MR) is 87.3 cm³/mol. The molecule has 0 aliphatic carbocycles. The zero-order valence-electron chi connectivity index (χ0n) is 13.6. The van der Waals surface area contributed by atoms with Gasteiger partial charge in [0.1, 0.15) is 5.69 Å². The van der Waals surface area contributed by atoms with Gasteiger partial charge in [0.15, 0.2) is 5.03 Å². The van der Waals surface area contributed by atoms with E-state index in [1.807, 2.05) is 0 Å². The molecule has 0 spiro atoms. The van der Waals surface area contributed by atoms with Crippen LogP contribution in [0, 0.1) is 0 Å². The molecule has 2 aromatic rings. The normalized spacial score (nSPS) is 16.6. The van der Waals surface area contributed by atoms with Crippen molar-refractivity contribution < 1.29 is 13.2 Å². The number of carbonyl (C=O) groups excluding carboxylic acids is 1. The molecule has 1 saturated heterocycles. The van der Waals surface area contributed by atoms with E-state index in [4.69, 9.17) is 0 Å². The molecule has 3 rings (SSSR count). The Bertz CT molecular complexity index is 914. The second kappa shape index (κ2) is 6.76. The number of rotatable bonds is 3. The SMILES string of the molecule is Cn1cnc(S(=O)(=O)N2CCCN(C(=O)c3ccc(=O)[nH]n3)CC2)c1. The monoisotopic (exact) mass is 366 g/mol. The molecule has 1 amide bonds. The third kappa shape index (κ3) is 3.61. The van der Waals surface area contributed by atoms with E-state index in [2.05, 4.69) is 15.2 Å². The van der Waals surface area contributed by atoms with Crippen LogP contribution in [0.5, 0.6) is 0 Å². The summed E-state index contributed by atoms with van der Waals surface area (Å²) >= 11 is 0. The number of aromatic nitrogens is 4. The molecular weight excluding hydrogens is 348 g/mol. The summed E-state index contributed by atoms with van der Waals surface area (Å²) in [6, 6.07) is 2.59. The summed E-state index contributed by atoms with van der Waals surface area (Å²) in [5, 5.41) is 5.95. The van der Waals surface area contributed by atoms with Gasteiger partial charge in [0, 0.05) is 45.5 Å². The van der Waals surface area contributed by atoms with Gasteiger partial charge in [-0.25, -0.2) is 18.5 Å². The molecule has 11 heteroatoms. The van der Waals surface area contributed by atoms with E-state index >= 15 is 0 Å². The second-order valence-corrected chi connectivity index (χ2v) is 7.62. The Morgan fingerprint density at radius 3 is 2.64 bits per heavy atom. The maximum Gasteiger partial charge on any atom is 0.274 e. The number of hydrogen-bond acceptors (Lipinski definition) is 6. The van der Waals surface area contributed by atoms with Crippen molar-refractivity contribution >= 4 is 15.9 Å². The number of hydrogen-bond donors (Lipinski definition) is 1. The fraction of sp³-hybridized carbons (Fsp3) is 0.429. The van der Waals surface area contributed by atoms with Crippen LogP contribution in [0.1, 0.15) is 16.9 Å². The Labute approximate surface area is 144 Å². The summed E-state index contributed by atoms with van der Waals surface area (Å²) in [6.07, 6.45) is 3.39. The highest BCUT2D eigenvalue weighted by atomic mass is 32.2. The quantitative estimate of drug-likeness (QED) is 0.747. The van der Waals surface area contributed by atoms with Crippen LogP contribution in [-0.4, -0.2) is 69.5 Å². The molecule has 0 radical (unpaired) electrons. The number of imidazole rings is 1. The standard InChI is InChI=1S/C14H18N6O4S/c1-18-9-13(15-10-18)25(23,24)20-6-2-5-19(7-8-20)14(22)11-3-4-12(21)17-16-11/h3-4,9-10H,2,5-8H2,1H3,(H,17,21). The number of H-pyrrole nitrogens is 1. The van der Waals surface area contributed by atoms with Crippen molar-refractivity contribution in [2.24, 2.45) is 7.05 Å². The van der Waals surface area contributed by atoms with Gasteiger partial charge in [0.25, 0.3) is 21.5 Å². The largest absolute Gasteiger partial charge is 0.339 e. The van der Waals surface area contributed by atoms with E-state index in [1.165, 1.54) is 33.9 Å². The molecule has 3 heterocycles. The lowest BCUT2D eigenvalue weighted by Crippen LogP contribution is -2.38. The first-order valence-corrected chi connectivity index (χ1v) is 9.15.